The highest BCUT2D eigenvalue weighted by Crippen LogP contribution is 2.30. The molecule has 0 radical (unpaired) electrons. The molecule has 0 saturated carbocycles. The number of aliphatic imine (C=N–C) groups is 1. The van der Waals surface area contributed by atoms with Gasteiger partial charge in [0.05, 0.1) is 11.4 Å². The summed E-state index contributed by atoms with van der Waals surface area (Å²) in [5.74, 6) is 0.879. The molecule has 1 aromatic heterocycles. The Morgan fingerprint density at radius 1 is 1.19 bits per heavy atom. The predicted molar refractivity (Wildman–Crippen MR) is 91.5 cm³/mol. The number of hydrogen-bond acceptors (Lipinski definition) is 3. The number of pyridine rings is 1. The summed E-state index contributed by atoms with van der Waals surface area (Å²) < 4.78 is 6.00. The predicted octanol–water partition coefficient (Wildman–Crippen LogP) is 4.20. The Balaban J connectivity index is 2.42. The standard InChI is InChI=1S/C17H22N2OSi/c1-12-8-9-15(16(11-12)20-21(4)5)19-14(3)17-13(2)7-6-10-18-17/h6-11,21H,1-5H3. The molecule has 1 aromatic carbocycles. The van der Waals surface area contributed by atoms with Crippen LogP contribution in [0, 0.1) is 13.8 Å². The van der Waals surface area contributed by atoms with E-state index < -0.39 is 9.04 Å². The molecular weight excluding hydrogens is 276 g/mol. The van der Waals surface area contributed by atoms with Gasteiger partial charge in [0, 0.05) is 6.20 Å². The molecule has 0 unspecified atom stereocenters. The number of aromatic nitrogens is 1. The highest BCUT2D eigenvalue weighted by atomic mass is 28.3. The van der Waals surface area contributed by atoms with E-state index in [-0.39, 0.29) is 0 Å². The van der Waals surface area contributed by atoms with Crippen LogP contribution >= 0.6 is 0 Å². The summed E-state index contributed by atoms with van der Waals surface area (Å²) in [6.07, 6.45) is 1.80. The molecule has 0 N–H and O–H groups in total. The zero-order valence-electron chi connectivity index (χ0n) is 13.3. The van der Waals surface area contributed by atoms with Crippen LogP contribution < -0.4 is 4.43 Å². The molecule has 0 aliphatic rings. The molecule has 0 bridgehead atoms. The molecule has 0 saturated heterocycles. The molecule has 0 fully saturated rings. The molecule has 2 aromatic rings. The Kier molecular flexibility index (Phi) is 4.91. The second kappa shape index (κ2) is 6.67. The number of aryl methyl sites for hydroxylation is 2. The Bertz CT molecular complexity index is 666. The van der Waals surface area contributed by atoms with E-state index in [1.807, 2.05) is 19.1 Å². The van der Waals surface area contributed by atoms with Crippen LogP contribution in [0.3, 0.4) is 0 Å². The van der Waals surface area contributed by atoms with E-state index >= 15 is 0 Å². The van der Waals surface area contributed by atoms with Gasteiger partial charge in [0.15, 0.2) is 0 Å². The van der Waals surface area contributed by atoms with Crippen LogP contribution in [-0.2, 0) is 0 Å². The van der Waals surface area contributed by atoms with E-state index in [1.54, 1.807) is 6.20 Å². The van der Waals surface area contributed by atoms with Gasteiger partial charge in [-0.05, 0) is 63.2 Å². The molecule has 21 heavy (non-hydrogen) atoms. The van der Waals surface area contributed by atoms with E-state index in [2.05, 4.69) is 50.1 Å². The summed E-state index contributed by atoms with van der Waals surface area (Å²) in [4.78, 5) is 9.16. The van der Waals surface area contributed by atoms with Gasteiger partial charge in [0.25, 0.3) is 0 Å². The Morgan fingerprint density at radius 2 is 1.95 bits per heavy atom. The number of benzene rings is 1. The number of nitrogens with zero attached hydrogens (tertiary/aromatic N) is 2. The van der Waals surface area contributed by atoms with Crippen LogP contribution in [0.4, 0.5) is 5.69 Å². The summed E-state index contributed by atoms with van der Waals surface area (Å²) in [6, 6.07) is 10.1. The van der Waals surface area contributed by atoms with Gasteiger partial charge in [-0.15, -0.1) is 0 Å². The zero-order valence-corrected chi connectivity index (χ0v) is 14.5. The third kappa shape index (κ3) is 4.01. The molecule has 3 nitrogen and oxygen atoms in total. The minimum absolute atomic E-state index is 0.879. The highest BCUT2D eigenvalue weighted by Gasteiger charge is 2.08. The summed E-state index contributed by atoms with van der Waals surface area (Å²) in [7, 11) is -1.16. The third-order valence-electron chi connectivity index (χ3n) is 3.12. The van der Waals surface area contributed by atoms with Gasteiger partial charge in [0.2, 0.25) is 9.04 Å². The Labute approximate surface area is 128 Å². The van der Waals surface area contributed by atoms with E-state index in [0.29, 0.717) is 0 Å². The molecule has 0 spiro atoms. The van der Waals surface area contributed by atoms with Crippen molar-refractivity contribution in [2.24, 2.45) is 4.99 Å². The van der Waals surface area contributed by atoms with Crippen molar-refractivity contribution < 1.29 is 4.43 Å². The molecule has 0 amide bonds. The van der Waals surface area contributed by atoms with Gasteiger partial charge in [-0.2, -0.15) is 0 Å². The van der Waals surface area contributed by atoms with Crippen molar-refractivity contribution in [2.45, 2.75) is 33.9 Å². The first-order valence-corrected chi connectivity index (χ1v) is 10.00. The smallest absolute Gasteiger partial charge is 0.229 e. The first-order chi connectivity index (χ1) is 9.97. The molecular formula is C17H22N2OSi. The molecule has 0 atom stereocenters. The van der Waals surface area contributed by atoms with Crippen LogP contribution in [0.2, 0.25) is 13.1 Å². The molecule has 110 valence electrons. The first-order valence-electron chi connectivity index (χ1n) is 7.22. The van der Waals surface area contributed by atoms with Crippen molar-refractivity contribution in [3.63, 3.8) is 0 Å². The molecule has 0 aliphatic heterocycles. The summed E-state index contributed by atoms with van der Waals surface area (Å²) in [6.45, 7) is 10.4. The summed E-state index contributed by atoms with van der Waals surface area (Å²) in [5.41, 5.74) is 5.04. The topological polar surface area (TPSA) is 34.5 Å². The Hall–Kier alpha value is -1.94. The first kappa shape index (κ1) is 15.4. The van der Waals surface area contributed by atoms with E-state index in [9.17, 15) is 0 Å². The lowest BCUT2D eigenvalue weighted by Crippen LogP contribution is -2.11. The van der Waals surface area contributed by atoms with E-state index in [4.69, 9.17) is 9.42 Å². The summed E-state index contributed by atoms with van der Waals surface area (Å²) >= 11 is 0. The average Bonchev–Trinajstić information content (AvgIpc) is 2.41. The van der Waals surface area contributed by atoms with Crippen molar-refractivity contribution in [3.05, 3.63) is 53.3 Å². The van der Waals surface area contributed by atoms with Gasteiger partial charge in [-0.1, -0.05) is 12.1 Å². The van der Waals surface area contributed by atoms with Crippen LogP contribution in [0.1, 0.15) is 23.7 Å². The maximum absolute atomic E-state index is 6.00. The fraction of sp³-hybridized carbons (Fsp3) is 0.294. The average molecular weight is 298 g/mol. The van der Waals surface area contributed by atoms with Gasteiger partial charge in [0.1, 0.15) is 11.4 Å². The summed E-state index contributed by atoms with van der Waals surface area (Å²) in [5, 5.41) is 0. The quantitative estimate of drug-likeness (QED) is 0.626. The van der Waals surface area contributed by atoms with Crippen LogP contribution in [0.5, 0.6) is 5.75 Å². The lowest BCUT2D eigenvalue weighted by molar-refractivity contribution is 0.581. The van der Waals surface area contributed by atoms with Crippen LogP contribution in [0.25, 0.3) is 0 Å². The fourth-order valence-corrected chi connectivity index (χ4v) is 2.86. The largest absolute Gasteiger partial charge is 0.546 e. The fourth-order valence-electron chi connectivity index (χ4n) is 2.16. The maximum atomic E-state index is 6.00. The van der Waals surface area contributed by atoms with Crippen molar-refractivity contribution in [2.75, 3.05) is 0 Å². The van der Waals surface area contributed by atoms with E-state index in [1.165, 1.54) is 5.56 Å². The number of rotatable bonds is 4. The maximum Gasteiger partial charge on any atom is 0.229 e. The molecule has 4 heteroatoms. The minimum Gasteiger partial charge on any atom is -0.546 e. The van der Waals surface area contributed by atoms with E-state index in [0.717, 1.165) is 28.4 Å². The van der Waals surface area contributed by atoms with Crippen molar-refractivity contribution in [1.82, 2.24) is 4.98 Å². The lowest BCUT2D eigenvalue weighted by atomic mass is 10.1. The highest BCUT2D eigenvalue weighted by molar-refractivity contribution is 6.49. The van der Waals surface area contributed by atoms with Crippen LogP contribution in [0.15, 0.2) is 41.5 Å². The van der Waals surface area contributed by atoms with Gasteiger partial charge >= 0.3 is 0 Å². The van der Waals surface area contributed by atoms with Crippen molar-refractivity contribution >= 4 is 20.4 Å². The monoisotopic (exact) mass is 298 g/mol. The SMILES string of the molecule is CC(=Nc1ccc(C)cc1O[SiH](C)C)c1ncccc1C. The van der Waals surface area contributed by atoms with Crippen molar-refractivity contribution in [1.29, 1.82) is 0 Å². The van der Waals surface area contributed by atoms with Gasteiger partial charge in [-0.3, -0.25) is 4.98 Å². The van der Waals surface area contributed by atoms with Gasteiger partial charge in [-0.25, -0.2) is 4.99 Å². The second-order valence-electron chi connectivity index (χ2n) is 5.50. The third-order valence-corrected chi connectivity index (χ3v) is 3.84. The normalized spacial score (nSPS) is 11.8. The van der Waals surface area contributed by atoms with Crippen molar-refractivity contribution in [3.8, 4) is 5.75 Å². The second-order valence-corrected chi connectivity index (χ2v) is 7.84. The zero-order chi connectivity index (χ0) is 15.4. The number of hydrogen-bond donors (Lipinski definition) is 0. The molecule has 2 rings (SSSR count). The Morgan fingerprint density at radius 3 is 2.62 bits per heavy atom. The molecule has 0 aliphatic carbocycles. The molecule has 1 heterocycles. The van der Waals surface area contributed by atoms with Gasteiger partial charge < -0.3 is 4.43 Å². The van der Waals surface area contributed by atoms with Crippen LogP contribution in [-0.4, -0.2) is 19.7 Å². The minimum atomic E-state index is -1.16. The lowest BCUT2D eigenvalue weighted by Gasteiger charge is -2.13.